The molecule has 0 saturated carbocycles. The number of hydrogen-bond donors (Lipinski definition) is 3. The van der Waals surface area contributed by atoms with Gasteiger partial charge in [-0.1, -0.05) is 23.8 Å². The number of aryl methyl sites for hydroxylation is 2. The molecular weight excluding hydrogens is 306 g/mol. The summed E-state index contributed by atoms with van der Waals surface area (Å²) in [7, 11) is 0. The zero-order valence-corrected chi connectivity index (χ0v) is 13.2. The van der Waals surface area contributed by atoms with Crippen molar-refractivity contribution in [2.24, 2.45) is 0 Å². The smallest absolute Gasteiger partial charge is 0.270 e. The van der Waals surface area contributed by atoms with Crippen LogP contribution < -0.4 is 10.9 Å². The topological polar surface area (TPSA) is 104 Å². The lowest BCUT2D eigenvalue weighted by Gasteiger charge is -2.26. The van der Waals surface area contributed by atoms with Crippen LogP contribution in [0.2, 0.25) is 0 Å². The summed E-state index contributed by atoms with van der Waals surface area (Å²) in [5, 5.41) is 9.79. The number of carbonyl (C=O) groups excluding carboxylic acids is 1. The van der Waals surface area contributed by atoms with E-state index in [0.29, 0.717) is 0 Å². The minimum Gasteiger partial charge on any atom is -0.344 e. The van der Waals surface area contributed by atoms with Crippen LogP contribution in [-0.4, -0.2) is 26.1 Å². The van der Waals surface area contributed by atoms with Gasteiger partial charge in [-0.15, -0.1) is 0 Å². The molecule has 0 aliphatic heterocycles. The quantitative estimate of drug-likeness (QED) is 0.668. The highest BCUT2D eigenvalue weighted by atomic mass is 16.2. The van der Waals surface area contributed by atoms with Gasteiger partial charge < -0.3 is 10.3 Å². The number of benzene rings is 1. The normalized spacial score (nSPS) is 16.8. The van der Waals surface area contributed by atoms with E-state index in [1.807, 2.05) is 6.92 Å². The first kappa shape index (κ1) is 14.6. The Bertz CT molecular complexity index is 988. The molecule has 0 unspecified atom stereocenters. The van der Waals surface area contributed by atoms with Crippen molar-refractivity contribution in [2.45, 2.75) is 32.2 Å². The number of rotatable bonds is 2. The van der Waals surface area contributed by atoms with E-state index in [2.05, 4.69) is 43.7 Å². The summed E-state index contributed by atoms with van der Waals surface area (Å²) in [6, 6.07) is 6.29. The number of nitrogens with one attached hydrogen (secondary N) is 3. The van der Waals surface area contributed by atoms with Gasteiger partial charge in [0, 0.05) is 0 Å². The van der Waals surface area contributed by atoms with Crippen LogP contribution in [0.1, 0.15) is 46.1 Å². The van der Waals surface area contributed by atoms with Gasteiger partial charge in [0.05, 0.1) is 12.4 Å². The minimum atomic E-state index is -0.376. The van der Waals surface area contributed by atoms with Crippen molar-refractivity contribution in [1.82, 2.24) is 25.5 Å². The zero-order valence-electron chi connectivity index (χ0n) is 13.2. The van der Waals surface area contributed by atoms with Crippen LogP contribution >= 0.6 is 0 Å². The summed E-state index contributed by atoms with van der Waals surface area (Å²) in [5.74, 6) is -0.338. The Labute approximate surface area is 137 Å². The number of aromatic amines is 2. The molecule has 1 amide bonds. The average molecular weight is 323 g/mol. The van der Waals surface area contributed by atoms with Crippen LogP contribution in [0.25, 0.3) is 11.0 Å². The highest BCUT2D eigenvalue weighted by Gasteiger charge is 2.24. The standard InChI is InChI=1S/C17H17N5O2/c1-9-5-6-10-3-2-4-12(11(10)7-9)20-17(24)14-13-15(22-21-14)18-8-19-16(13)23/h5-8,12H,2-4H2,1H3,(H,20,24)(H2,18,19,21,22,23)/t12-/m0/s1. The first-order valence-corrected chi connectivity index (χ1v) is 7.95. The minimum absolute atomic E-state index is 0.0600. The molecule has 3 aromatic rings. The second-order valence-corrected chi connectivity index (χ2v) is 6.15. The van der Waals surface area contributed by atoms with Gasteiger partial charge in [0.15, 0.2) is 5.65 Å². The van der Waals surface area contributed by atoms with Gasteiger partial charge in [0.2, 0.25) is 0 Å². The molecule has 7 nitrogen and oxygen atoms in total. The highest BCUT2D eigenvalue weighted by Crippen LogP contribution is 2.30. The second-order valence-electron chi connectivity index (χ2n) is 6.15. The number of nitrogens with zero attached hydrogens (tertiary/aromatic N) is 2. The fourth-order valence-corrected chi connectivity index (χ4v) is 3.33. The molecule has 24 heavy (non-hydrogen) atoms. The molecule has 1 aliphatic rings. The molecule has 2 aromatic heterocycles. The van der Waals surface area contributed by atoms with Crippen LogP contribution in [-0.2, 0) is 6.42 Å². The van der Waals surface area contributed by atoms with Gasteiger partial charge in [0.1, 0.15) is 11.1 Å². The van der Waals surface area contributed by atoms with Crippen molar-refractivity contribution in [3.05, 3.63) is 57.3 Å². The van der Waals surface area contributed by atoms with Gasteiger partial charge >= 0.3 is 0 Å². The number of aromatic nitrogens is 4. The molecule has 0 spiro atoms. The monoisotopic (exact) mass is 323 g/mol. The maximum Gasteiger partial charge on any atom is 0.270 e. The van der Waals surface area contributed by atoms with E-state index in [4.69, 9.17) is 0 Å². The van der Waals surface area contributed by atoms with Crippen LogP contribution in [0.15, 0.2) is 29.3 Å². The fraction of sp³-hybridized carbons (Fsp3) is 0.294. The van der Waals surface area contributed by atoms with Crippen molar-refractivity contribution in [3.63, 3.8) is 0 Å². The predicted molar refractivity (Wildman–Crippen MR) is 88.8 cm³/mol. The molecule has 0 radical (unpaired) electrons. The molecule has 0 fully saturated rings. The number of amides is 1. The molecule has 3 N–H and O–H groups in total. The Hall–Kier alpha value is -2.96. The van der Waals surface area contributed by atoms with Gasteiger partial charge in [-0.2, -0.15) is 5.10 Å². The third-order valence-corrected chi connectivity index (χ3v) is 4.50. The van der Waals surface area contributed by atoms with E-state index in [1.54, 1.807) is 0 Å². The lowest BCUT2D eigenvalue weighted by molar-refractivity contribution is 0.0929. The van der Waals surface area contributed by atoms with Gasteiger partial charge in [-0.05, 0) is 37.3 Å². The van der Waals surface area contributed by atoms with E-state index >= 15 is 0 Å². The van der Waals surface area contributed by atoms with E-state index < -0.39 is 0 Å². The van der Waals surface area contributed by atoms with Gasteiger partial charge in [-0.3, -0.25) is 14.7 Å². The maximum absolute atomic E-state index is 12.7. The lowest BCUT2D eigenvalue weighted by Crippen LogP contribution is -2.32. The van der Waals surface area contributed by atoms with Crippen molar-refractivity contribution >= 4 is 16.9 Å². The fourth-order valence-electron chi connectivity index (χ4n) is 3.33. The van der Waals surface area contributed by atoms with Crippen LogP contribution in [0.4, 0.5) is 0 Å². The van der Waals surface area contributed by atoms with E-state index in [9.17, 15) is 9.59 Å². The second kappa shape index (κ2) is 5.59. The van der Waals surface area contributed by atoms with Crippen molar-refractivity contribution in [2.75, 3.05) is 0 Å². The Balaban J connectivity index is 1.68. The molecule has 4 rings (SSSR count). The first-order chi connectivity index (χ1) is 11.6. The summed E-state index contributed by atoms with van der Waals surface area (Å²) in [6.45, 7) is 2.04. The Morgan fingerprint density at radius 3 is 3.12 bits per heavy atom. The average Bonchev–Trinajstić information content (AvgIpc) is 3.01. The van der Waals surface area contributed by atoms with Crippen molar-refractivity contribution < 1.29 is 4.79 Å². The maximum atomic E-state index is 12.7. The summed E-state index contributed by atoms with van der Waals surface area (Å²) >= 11 is 0. The van der Waals surface area contributed by atoms with E-state index in [-0.39, 0.29) is 34.2 Å². The number of H-pyrrole nitrogens is 2. The lowest BCUT2D eigenvalue weighted by atomic mass is 9.86. The molecule has 7 heteroatoms. The Kier molecular flexibility index (Phi) is 3.41. The number of hydrogen-bond acceptors (Lipinski definition) is 4. The molecule has 1 aliphatic carbocycles. The van der Waals surface area contributed by atoms with Crippen LogP contribution in [0, 0.1) is 6.92 Å². The Morgan fingerprint density at radius 2 is 2.25 bits per heavy atom. The molecular formula is C17H17N5O2. The van der Waals surface area contributed by atoms with Crippen molar-refractivity contribution in [3.8, 4) is 0 Å². The molecule has 0 bridgehead atoms. The zero-order chi connectivity index (χ0) is 16.7. The highest BCUT2D eigenvalue weighted by molar-refractivity contribution is 6.03. The summed E-state index contributed by atoms with van der Waals surface area (Å²) < 4.78 is 0. The summed E-state index contributed by atoms with van der Waals surface area (Å²) in [5.41, 5.74) is 3.61. The number of fused-ring (bicyclic) bond motifs is 2. The summed E-state index contributed by atoms with van der Waals surface area (Å²) in [6.07, 6.45) is 4.20. The third kappa shape index (κ3) is 2.38. The van der Waals surface area contributed by atoms with Gasteiger partial charge in [0.25, 0.3) is 11.5 Å². The largest absolute Gasteiger partial charge is 0.344 e. The van der Waals surface area contributed by atoms with Gasteiger partial charge in [-0.25, -0.2) is 4.98 Å². The first-order valence-electron chi connectivity index (χ1n) is 7.95. The molecule has 2 heterocycles. The third-order valence-electron chi connectivity index (χ3n) is 4.50. The summed E-state index contributed by atoms with van der Waals surface area (Å²) in [4.78, 5) is 31.1. The molecule has 1 atom stereocenters. The Morgan fingerprint density at radius 1 is 1.38 bits per heavy atom. The van der Waals surface area contributed by atoms with E-state index in [0.717, 1.165) is 24.8 Å². The molecule has 1 aromatic carbocycles. The predicted octanol–water partition coefficient (Wildman–Crippen LogP) is 1.76. The number of carbonyl (C=O) groups is 1. The van der Waals surface area contributed by atoms with Crippen molar-refractivity contribution in [1.29, 1.82) is 0 Å². The molecule has 122 valence electrons. The van der Waals surface area contributed by atoms with Crippen LogP contribution in [0.3, 0.4) is 0 Å². The van der Waals surface area contributed by atoms with E-state index in [1.165, 1.54) is 17.5 Å². The molecule has 0 saturated heterocycles. The van der Waals surface area contributed by atoms with Crippen LogP contribution in [0.5, 0.6) is 0 Å². The SMILES string of the molecule is Cc1ccc2c(c1)[C@@H](NC(=O)c1[nH]nc3nc[nH]c(=O)c13)CCC2.